The first-order valence-corrected chi connectivity index (χ1v) is 8.02. The molecule has 1 unspecified atom stereocenters. The van der Waals surface area contributed by atoms with E-state index in [1.807, 2.05) is 11.8 Å². The number of piperidine rings is 1. The minimum absolute atomic E-state index is 0.0170. The van der Waals surface area contributed by atoms with Crippen molar-refractivity contribution in [3.63, 3.8) is 0 Å². The maximum Gasteiger partial charge on any atom is 0.239 e. The average molecular weight is 267 g/mol. The number of carbonyl (C=O) groups excluding carboxylic acids is 1. The molecule has 0 bridgehead atoms. The van der Waals surface area contributed by atoms with E-state index in [4.69, 9.17) is 0 Å². The zero-order valence-corrected chi connectivity index (χ0v) is 12.4. The summed E-state index contributed by atoms with van der Waals surface area (Å²) in [5.74, 6) is 0.292. The van der Waals surface area contributed by atoms with Crippen LogP contribution in [0.3, 0.4) is 0 Å². The van der Waals surface area contributed by atoms with Gasteiger partial charge in [0.15, 0.2) is 0 Å². The average Bonchev–Trinajstić information content (AvgIpc) is 2.96. The molecule has 1 amide bonds. The summed E-state index contributed by atoms with van der Waals surface area (Å²) in [5.41, 5.74) is 0. The molecule has 0 aromatic rings. The predicted molar refractivity (Wildman–Crippen MR) is 78.2 cm³/mol. The normalized spacial score (nSPS) is 22.7. The molecular formula is C15H29N3O. The molecule has 0 aromatic heterocycles. The first-order chi connectivity index (χ1) is 9.27. The van der Waals surface area contributed by atoms with Gasteiger partial charge >= 0.3 is 0 Å². The van der Waals surface area contributed by atoms with Crippen molar-refractivity contribution in [2.75, 3.05) is 39.3 Å². The van der Waals surface area contributed by atoms with Crippen LogP contribution in [0.2, 0.25) is 0 Å². The molecule has 1 atom stereocenters. The summed E-state index contributed by atoms with van der Waals surface area (Å²) in [6, 6.07) is -0.0170. The van der Waals surface area contributed by atoms with Gasteiger partial charge in [0.05, 0.1) is 6.04 Å². The van der Waals surface area contributed by atoms with Crippen LogP contribution in [-0.4, -0.2) is 61.0 Å². The molecule has 2 aliphatic heterocycles. The first-order valence-electron chi connectivity index (χ1n) is 8.02. The molecular weight excluding hydrogens is 238 g/mol. The second-order valence-corrected chi connectivity index (χ2v) is 5.96. The summed E-state index contributed by atoms with van der Waals surface area (Å²) >= 11 is 0. The van der Waals surface area contributed by atoms with E-state index >= 15 is 0 Å². The Kier molecular flexibility index (Phi) is 6.11. The molecule has 2 rings (SSSR count). The Bertz CT molecular complexity index is 271. The molecule has 4 heteroatoms. The van der Waals surface area contributed by atoms with Crippen molar-refractivity contribution in [3.05, 3.63) is 0 Å². The van der Waals surface area contributed by atoms with E-state index < -0.39 is 0 Å². The Balaban J connectivity index is 1.57. The maximum atomic E-state index is 12.2. The van der Waals surface area contributed by atoms with E-state index in [1.54, 1.807) is 0 Å². The van der Waals surface area contributed by atoms with Crippen LogP contribution in [0, 0.1) is 0 Å². The Morgan fingerprint density at radius 2 is 1.68 bits per heavy atom. The molecule has 0 aliphatic carbocycles. The van der Waals surface area contributed by atoms with Crippen molar-refractivity contribution >= 4 is 5.91 Å². The third-order valence-electron chi connectivity index (χ3n) is 4.34. The Hall–Kier alpha value is -0.610. The third-order valence-corrected chi connectivity index (χ3v) is 4.34. The molecule has 19 heavy (non-hydrogen) atoms. The summed E-state index contributed by atoms with van der Waals surface area (Å²) in [6.45, 7) is 8.59. The number of amides is 1. The molecule has 0 spiro atoms. The van der Waals surface area contributed by atoms with E-state index in [9.17, 15) is 4.79 Å². The molecule has 1 N–H and O–H groups in total. The Morgan fingerprint density at radius 1 is 1.05 bits per heavy atom. The summed E-state index contributed by atoms with van der Waals surface area (Å²) in [4.78, 5) is 16.8. The number of likely N-dealkylation sites (tertiary alicyclic amines) is 2. The predicted octanol–water partition coefficient (Wildman–Crippen LogP) is 1.46. The highest BCUT2D eigenvalue weighted by Crippen LogP contribution is 2.10. The van der Waals surface area contributed by atoms with Gasteiger partial charge in [-0.2, -0.15) is 0 Å². The number of nitrogens with zero attached hydrogens (tertiary/aromatic N) is 2. The number of hydrogen-bond acceptors (Lipinski definition) is 3. The van der Waals surface area contributed by atoms with Gasteiger partial charge < -0.3 is 15.1 Å². The van der Waals surface area contributed by atoms with Crippen LogP contribution in [0.15, 0.2) is 0 Å². The van der Waals surface area contributed by atoms with Crippen LogP contribution in [0.1, 0.15) is 45.4 Å². The number of rotatable bonds is 6. The van der Waals surface area contributed by atoms with Crippen LogP contribution in [-0.2, 0) is 4.79 Å². The van der Waals surface area contributed by atoms with Gasteiger partial charge in [-0.25, -0.2) is 0 Å². The largest absolute Gasteiger partial charge is 0.341 e. The molecule has 2 aliphatic rings. The maximum absolute atomic E-state index is 12.2. The lowest BCUT2D eigenvalue weighted by atomic mass is 10.1. The van der Waals surface area contributed by atoms with Gasteiger partial charge in [0.1, 0.15) is 0 Å². The van der Waals surface area contributed by atoms with Gasteiger partial charge in [0, 0.05) is 13.1 Å². The lowest BCUT2D eigenvalue weighted by Crippen LogP contribution is -2.47. The Morgan fingerprint density at radius 3 is 2.37 bits per heavy atom. The van der Waals surface area contributed by atoms with E-state index in [1.165, 1.54) is 51.7 Å². The highest BCUT2D eigenvalue weighted by molar-refractivity contribution is 5.81. The van der Waals surface area contributed by atoms with Gasteiger partial charge in [-0.3, -0.25) is 4.79 Å². The highest BCUT2D eigenvalue weighted by Gasteiger charge is 2.21. The standard InChI is InChI=1S/C15H29N3O/c1-14(15(19)18-12-3-2-4-13-18)16-8-7-11-17-9-5-6-10-17/h14,16H,2-13H2,1H3. The van der Waals surface area contributed by atoms with Crippen LogP contribution < -0.4 is 5.32 Å². The second-order valence-electron chi connectivity index (χ2n) is 5.96. The quantitative estimate of drug-likeness (QED) is 0.740. The van der Waals surface area contributed by atoms with Crippen molar-refractivity contribution in [1.29, 1.82) is 0 Å². The number of hydrogen-bond donors (Lipinski definition) is 1. The minimum Gasteiger partial charge on any atom is -0.341 e. The van der Waals surface area contributed by atoms with Gasteiger partial charge in [-0.15, -0.1) is 0 Å². The fourth-order valence-electron chi connectivity index (χ4n) is 3.10. The SMILES string of the molecule is CC(NCCCN1CCCC1)C(=O)N1CCCCC1. The zero-order chi connectivity index (χ0) is 13.5. The van der Waals surface area contributed by atoms with E-state index in [2.05, 4.69) is 10.2 Å². The molecule has 2 saturated heterocycles. The number of carbonyl (C=O) groups is 1. The summed E-state index contributed by atoms with van der Waals surface area (Å²) in [5, 5.41) is 3.39. The minimum atomic E-state index is -0.0170. The molecule has 2 heterocycles. The fourth-order valence-corrected chi connectivity index (χ4v) is 3.10. The summed E-state index contributed by atoms with van der Waals surface area (Å²) in [7, 11) is 0. The van der Waals surface area contributed by atoms with E-state index in [0.29, 0.717) is 5.91 Å². The molecule has 4 nitrogen and oxygen atoms in total. The van der Waals surface area contributed by atoms with Gasteiger partial charge in [-0.1, -0.05) is 0 Å². The fraction of sp³-hybridized carbons (Fsp3) is 0.933. The Labute approximate surface area is 117 Å². The third kappa shape index (κ3) is 4.77. The topological polar surface area (TPSA) is 35.6 Å². The first kappa shape index (κ1) is 14.8. The van der Waals surface area contributed by atoms with Crippen molar-refractivity contribution in [3.8, 4) is 0 Å². The smallest absolute Gasteiger partial charge is 0.239 e. The van der Waals surface area contributed by atoms with E-state index in [-0.39, 0.29) is 6.04 Å². The lowest BCUT2D eigenvalue weighted by molar-refractivity contribution is -0.133. The summed E-state index contributed by atoms with van der Waals surface area (Å²) < 4.78 is 0. The monoisotopic (exact) mass is 267 g/mol. The van der Waals surface area contributed by atoms with Crippen molar-refractivity contribution in [1.82, 2.24) is 15.1 Å². The molecule has 110 valence electrons. The van der Waals surface area contributed by atoms with E-state index in [0.717, 1.165) is 26.1 Å². The van der Waals surface area contributed by atoms with Crippen LogP contribution in [0.4, 0.5) is 0 Å². The molecule has 0 saturated carbocycles. The van der Waals surface area contributed by atoms with Gasteiger partial charge in [0.2, 0.25) is 5.91 Å². The zero-order valence-electron chi connectivity index (χ0n) is 12.4. The van der Waals surface area contributed by atoms with Gasteiger partial charge in [-0.05, 0) is 71.6 Å². The van der Waals surface area contributed by atoms with Crippen LogP contribution >= 0.6 is 0 Å². The molecule has 0 aromatic carbocycles. The van der Waals surface area contributed by atoms with Crippen LogP contribution in [0.5, 0.6) is 0 Å². The molecule has 0 radical (unpaired) electrons. The lowest BCUT2D eigenvalue weighted by Gasteiger charge is -2.29. The highest BCUT2D eigenvalue weighted by atomic mass is 16.2. The van der Waals surface area contributed by atoms with Crippen molar-refractivity contribution in [2.45, 2.75) is 51.5 Å². The van der Waals surface area contributed by atoms with Gasteiger partial charge in [0.25, 0.3) is 0 Å². The van der Waals surface area contributed by atoms with Crippen molar-refractivity contribution < 1.29 is 4.79 Å². The van der Waals surface area contributed by atoms with Crippen LogP contribution in [0.25, 0.3) is 0 Å². The van der Waals surface area contributed by atoms with Crippen molar-refractivity contribution in [2.24, 2.45) is 0 Å². The molecule has 2 fully saturated rings. The number of nitrogens with one attached hydrogen (secondary N) is 1. The second kappa shape index (κ2) is 7.85. The summed E-state index contributed by atoms with van der Waals surface area (Å²) in [6.07, 6.45) is 7.49.